The molecule has 0 saturated heterocycles. The van der Waals surface area contributed by atoms with Crippen molar-refractivity contribution in [3.05, 3.63) is 97.1 Å². The second kappa shape index (κ2) is 8.37. The highest BCUT2D eigenvalue weighted by molar-refractivity contribution is 7.23. The lowest BCUT2D eigenvalue weighted by molar-refractivity contribution is 0.415. The quantitative estimate of drug-likeness (QED) is 0.223. The molecule has 7 aromatic rings. The summed E-state index contributed by atoms with van der Waals surface area (Å²) >= 11 is 3.72. The Hall–Kier alpha value is -3.86. The lowest BCUT2D eigenvalue weighted by Crippen LogP contribution is -1.81. The van der Waals surface area contributed by atoms with Gasteiger partial charge in [0.25, 0.3) is 0 Å². The van der Waals surface area contributed by atoms with Crippen LogP contribution in [0.5, 0.6) is 11.5 Å². The van der Waals surface area contributed by atoms with Gasteiger partial charge in [0.1, 0.15) is 11.5 Å². The van der Waals surface area contributed by atoms with Gasteiger partial charge >= 0.3 is 0 Å². The molecule has 2 nitrogen and oxygen atoms in total. The van der Waals surface area contributed by atoms with Crippen LogP contribution in [0.3, 0.4) is 0 Å². The van der Waals surface area contributed by atoms with Gasteiger partial charge in [0.2, 0.25) is 0 Å². The van der Waals surface area contributed by atoms with Crippen molar-refractivity contribution < 1.29 is 9.47 Å². The second-order valence-electron chi connectivity index (χ2n) is 8.90. The predicted molar refractivity (Wildman–Crippen MR) is 156 cm³/mol. The van der Waals surface area contributed by atoms with Crippen LogP contribution >= 0.6 is 22.7 Å². The van der Waals surface area contributed by atoms with Gasteiger partial charge in [0, 0.05) is 29.9 Å². The molecule has 0 bridgehead atoms. The molecule has 0 radical (unpaired) electrons. The average molecular weight is 503 g/mol. The van der Waals surface area contributed by atoms with Crippen LogP contribution in [-0.4, -0.2) is 14.2 Å². The number of hydrogen-bond acceptors (Lipinski definition) is 4. The molecule has 0 aliphatic heterocycles. The Morgan fingerprint density at radius 1 is 0.444 bits per heavy atom. The smallest absolute Gasteiger partial charge is 0.118 e. The number of thiophene rings is 2. The third-order valence-corrected chi connectivity index (χ3v) is 9.37. The summed E-state index contributed by atoms with van der Waals surface area (Å²) in [4.78, 5) is 2.55. The van der Waals surface area contributed by atoms with E-state index in [4.69, 9.17) is 9.47 Å². The Morgan fingerprint density at radius 2 is 0.833 bits per heavy atom. The van der Waals surface area contributed by atoms with E-state index < -0.39 is 0 Å². The van der Waals surface area contributed by atoms with Gasteiger partial charge in [-0.05, 0) is 93.3 Å². The Labute approximate surface area is 217 Å². The molecule has 0 aliphatic rings. The van der Waals surface area contributed by atoms with Crippen molar-refractivity contribution in [3.8, 4) is 32.4 Å². The molecule has 0 fully saturated rings. The second-order valence-corrected chi connectivity index (χ2v) is 11.0. The summed E-state index contributed by atoms with van der Waals surface area (Å²) in [5, 5.41) is 7.83. The van der Waals surface area contributed by atoms with E-state index in [0.717, 1.165) is 11.5 Å². The number of benzene rings is 5. The highest BCUT2D eigenvalue weighted by Gasteiger charge is 2.13. The first kappa shape index (κ1) is 21.4. The number of hydrogen-bond donors (Lipinski definition) is 0. The van der Waals surface area contributed by atoms with Crippen molar-refractivity contribution >= 4 is 64.4 Å². The van der Waals surface area contributed by atoms with Gasteiger partial charge in [-0.2, -0.15) is 0 Å². The maximum atomic E-state index is 5.33. The van der Waals surface area contributed by atoms with Crippen molar-refractivity contribution in [3.63, 3.8) is 0 Å². The van der Waals surface area contributed by atoms with Crippen LogP contribution in [0.15, 0.2) is 97.1 Å². The van der Waals surface area contributed by atoms with Crippen LogP contribution in [0.25, 0.3) is 62.6 Å². The zero-order valence-electron chi connectivity index (χ0n) is 19.9. The van der Waals surface area contributed by atoms with Crippen LogP contribution in [0, 0.1) is 0 Å². The minimum atomic E-state index is 0.881. The molecule has 2 aromatic heterocycles. The topological polar surface area (TPSA) is 18.5 Å². The molecule has 0 spiro atoms. The van der Waals surface area contributed by atoms with Gasteiger partial charge in [-0.3, -0.25) is 0 Å². The van der Waals surface area contributed by atoms with E-state index in [0.29, 0.717) is 0 Å². The van der Waals surface area contributed by atoms with E-state index in [1.165, 1.54) is 62.6 Å². The summed E-state index contributed by atoms with van der Waals surface area (Å²) in [6.07, 6.45) is 0. The van der Waals surface area contributed by atoms with Crippen molar-refractivity contribution in [2.24, 2.45) is 0 Å². The SMILES string of the molecule is COc1ccc(-c2cc3ccc4c5ccc6cc(-c7ccc(OC)cc7)sc6c5ccc4c3s2)cc1. The lowest BCUT2D eigenvalue weighted by Gasteiger charge is -2.06. The normalized spacial score (nSPS) is 11.6. The zero-order chi connectivity index (χ0) is 24.2. The third-order valence-electron chi connectivity index (χ3n) is 6.91. The molecule has 0 aliphatic carbocycles. The van der Waals surface area contributed by atoms with Crippen LogP contribution in [0.4, 0.5) is 0 Å². The molecule has 2 heterocycles. The van der Waals surface area contributed by atoms with E-state index in [9.17, 15) is 0 Å². The van der Waals surface area contributed by atoms with Crippen LogP contribution in [0.2, 0.25) is 0 Å². The standard InChI is InChI=1S/C32H22O2S2/c1-33-23-9-3-19(4-10-23)29-17-21-7-13-25-26-14-8-22-18-30(20-5-11-24(34-2)12-6-20)36-32(22)28(26)16-15-27(25)31(21)35-29/h3-18H,1-2H3. The van der Waals surface area contributed by atoms with Gasteiger partial charge < -0.3 is 9.47 Å². The Morgan fingerprint density at radius 3 is 1.22 bits per heavy atom. The maximum absolute atomic E-state index is 5.33. The largest absolute Gasteiger partial charge is 0.497 e. The fourth-order valence-electron chi connectivity index (χ4n) is 5.01. The molecule has 36 heavy (non-hydrogen) atoms. The minimum Gasteiger partial charge on any atom is -0.497 e. The fourth-order valence-corrected chi connectivity index (χ4v) is 7.40. The lowest BCUT2D eigenvalue weighted by atomic mass is 9.99. The third kappa shape index (κ3) is 3.37. The summed E-state index contributed by atoms with van der Waals surface area (Å²) in [5.74, 6) is 1.76. The molecule has 0 saturated carbocycles. The molecule has 5 aromatic carbocycles. The Kier molecular flexibility index (Phi) is 4.98. The molecule has 7 rings (SSSR count). The van der Waals surface area contributed by atoms with Crippen molar-refractivity contribution in [1.82, 2.24) is 0 Å². The number of ether oxygens (including phenoxy) is 2. The summed E-state index contributed by atoms with van der Waals surface area (Å²) in [7, 11) is 3.41. The molecular weight excluding hydrogens is 480 g/mol. The van der Waals surface area contributed by atoms with Gasteiger partial charge in [0.05, 0.1) is 14.2 Å². The highest BCUT2D eigenvalue weighted by Crippen LogP contribution is 2.43. The summed E-state index contributed by atoms with van der Waals surface area (Å²) < 4.78 is 13.3. The first-order valence-corrected chi connectivity index (χ1v) is 13.5. The first-order valence-electron chi connectivity index (χ1n) is 11.8. The predicted octanol–water partition coefficient (Wildman–Crippen LogP) is 9.77. The molecular formula is C32H22O2S2. The van der Waals surface area contributed by atoms with Crippen molar-refractivity contribution in [2.75, 3.05) is 14.2 Å². The molecule has 0 unspecified atom stereocenters. The molecule has 4 heteroatoms. The summed E-state index contributed by atoms with van der Waals surface area (Å²) in [6.45, 7) is 0. The Bertz CT molecular complexity index is 1750. The molecule has 0 atom stereocenters. The van der Waals surface area contributed by atoms with Crippen LogP contribution < -0.4 is 9.47 Å². The van der Waals surface area contributed by atoms with E-state index in [1.807, 2.05) is 46.9 Å². The number of fused-ring (bicyclic) bond motifs is 7. The van der Waals surface area contributed by atoms with E-state index in [-0.39, 0.29) is 0 Å². The fraction of sp³-hybridized carbons (Fsp3) is 0.0625. The monoisotopic (exact) mass is 502 g/mol. The minimum absolute atomic E-state index is 0.881. The number of rotatable bonds is 4. The number of methoxy groups -OCH3 is 2. The van der Waals surface area contributed by atoms with Crippen molar-refractivity contribution in [2.45, 2.75) is 0 Å². The highest BCUT2D eigenvalue weighted by atomic mass is 32.1. The van der Waals surface area contributed by atoms with Crippen LogP contribution in [-0.2, 0) is 0 Å². The molecule has 0 N–H and O–H groups in total. The Balaban J connectivity index is 1.38. The summed E-state index contributed by atoms with van der Waals surface area (Å²) in [5.41, 5.74) is 2.44. The molecule has 0 amide bonds. The van der Waals surface area contributed by atoms with E-state index in [2.05, 4.69) is 72.8 Å². The van der Waals surface area contributed by atoms with Crippen molar-refractivity contribution in [1.29, 1.82) is 0 Å². The van der Waals surface area contributed by atoms with Gasteiger partial charge in [-0.25, -0.2) is 0 Å². The maximum Gasteiger partial charge on any atom is 0.118 e. The van der Waals surface area contributed by atoms with Gasteiger partial charge in [0.15, 0.2) is 0 Å². The average Bonchev–Trinajstić information content (AvgIpc) is 3.58. The molecule has 174 valence electrons. The van der Waals surface area contributed by atoms with Crippen LogP contribution in [0.1, 0.15) is 0 Å². The van der Waals surface area contributed by atoms with Gasteiger partial charge in [-0.15, -0.1) is 22.7 Å². The zero-order valence-corrected chi connectivity index (χ0v) is 21.5. The van der Waals surface area contributed by atoms with Gasteiger partial charge in [-0.1, -0.05) is 36.4 Å². The first-order chi connectivity index (χ1) is 17.7. The summed E-state index contributed by atoms with van der Waals surface area (Å²) in [6, 6.07) is 35.0. The van der Waals surface area contributed by atoms with E-state index >= 15 is 0 Å². The van der Waals surface area contributed by atoms with E-state index in [1.54, 1.807) is 14.2 Å².